The number of likely N-dealkylation sites (tertiary alicyclic amines) is 1. The van der Waals surface area contributed by atoms with Gasteiger partial charge in [-0.2, -0.15) is 0 Å². The van der Waals surface area contributed by atoms with Gasteiger partial charge in [0.15, 0.2) is 0 Å². The number of aromatic nitrogens is 2. The normalized spacial score (nSPS) is 16.1. The topological polar surface area (TPSA) is 84.4 Å². The minimum absolute atomic E-state index is 0.00826. The van der Waals surface area contributed by atoms with E-state index in [2.05, 4.69) is 15.3 Å². The van der Waals surface area contributed by atoms with Crippen molar-refractivity contribution in [3.63, 3.8) is 0 Å². The van der Waals surface area contributed by atoms with Gasteiger partial charge in [0.05, 0.1) is 13.5 Å². The lowest BCUT2D eigenvalue weighted by atomic mass is 10.0. The summed E-state index contributed by atoms with van der Waals surface area (Å²) in [4.78, 5) is 35.7. The Kier molecular flexibility index (Phi) is 5.92. The smallest absolute Gasteiger partial charge is 0.254 e. The molecule has 3 rings (SSSR count). The summed E-state index contributed by atoms with van der Waals surface area (Å²) in [7, 11) is 3.21. The number of likely N-dealkylation sites (N-methyl/N-ethyl adjacent to an activating group) is 1. The maximum atomic E-state index is 12.8. The summed E-state index contributed by atoms with van der Waals surface area (Å²) in [5.41, 5.74) is 3.13. The lowest BCUT2D eigenvalue weighted by Crippen LogP contribution is -2.28. The van der Waals surface area contributed by atoms with Crippen molar-refractivity contribution < 1.29 is 14.3 Å². The summed E-state index contributed by atoms with van der Waals surface area (Å²) < 4.78 is 5.21. The van der Waals surface area contributed by atoms with Crippen LogP contribution in [0.4, 0.5) is 0 Å². The van der Waals surface area contributed by atoms with Gasteiger partial charge in [-0.25, -0.2) is 9.97 Å². The van der Waals surface area contributed by atoms with E-state index in [0.717, 1.165) is 29.2 Å². The van der Waals surface area contributed by atoms with Crippen LogP contribution in [0.25, 0.3) is 0 Å². The third kappa shape index (κ3) is 4.13. The van der Waals surface area contributed by atoms with Gasteiger partial charge in [0.25, 0.3) is 5.91 Å². The molecule has 1 aromatic carbocycles. The first-order chi connectivity index (χ1) is 13.4. The highest BCUT2D eigenvalue weighted by Crippen LogP contribution is 2.28. The quantitative estimate of drug-likeness (QED) is 0.855. The molecule has 0 bridgehead atoms. The highest BCUT2D eigenvalue weighted by Gasteiger charge is 2.30. The molecule has 0 saturated carbocycles. The Morgan fingerprint density at radius 1 is 1.25 bits per heavy atom. The maximum Gasteiger partial charge on any atom is 0.254 e. The van der Waals surface area contributed by atoms with Gasteiger partial charge in [0.2, 0.25) is 5.91 Å². The molecule has 148 valence electrons. The molecule has 7 heteroatoms. The van der Waals surface area contributed by atoms with Crippen molar-refractivity contribution in [3.05, 3.63) is 52.6 Å². The van der Waals surface area contributed by atoms with E-state index in [4.69, 9.17) is 4.74 Å². The SMILES string of the molecule is CNC(=O)Cc1c(C)nc([C@H]2CCN(C(=O)c3cccc(OC)c3)C2)nc1C. The van der Waals surface area contributed by atoms with Gasteiger partial charge < -0.3 is 15.0 Å². The number of nitrogens with one attached hydrogen (secondary N) is 1. The largest absolute Gasteiger partial charge is 0.497 e. The molecule has 0 spiro atoms. The van der Waals surface area contributed by atoms with Crippen LogP contribution in [0.3, 0.4) is 0 Å². The Morgan fingerprint density at radius 2 is 1.96 bits per heavy atom. The number of hydrogen-bond donors (Lipinski definition) is 1. The van der Waals surface area contributed by atoms with Crippen LogP contribution >= 0.6 is 0 Å². The zero-order chi connectivity index (χ0) is 20.3. The van der Waals surface area contributed by atoms with Crippen LogP contribution in [0.15, 0.2) is 24.3 Å². The Labute approximate surface area is 165 Å². The number of hydrogen-bond acceptors (Lipinski definition) is 5. The predicted octanol–water partition coefficient (Wildman–Crippen LogP) is 2.02. The fraction of sp³-hybridized carbons (Fsp3) is 0.429. The first-order valence-electron chi connectivity index (χ1n) is 9.40. The van der Waals surface area contributed by atoms with Crippen LogP contribution in [0, 0.1) is 13.8 Å². The zero-order valence-electron chi connectivity index (χ0n) is 16.8. The molecule has 7 nitrogen and oxygen atoms in total. The van der Waals surface area contributed by atoms with Crippen molar-refractivity contribution in [2.45, 2.75) is 32.6 Å². The van der Waals surface area contributed by atoms with E-state index in [1.165, 1.54) is 0 Å². The second-order valence-corrected chi connectivity index (χ2v) is 7.05. The molecule has 2 heterocycles. The van der Waals surface area contributed by atoms with E-state index in [1.807, 2.05) is 30.9 Å². The van der Waals surface area contributed by atoms with E-state index < -0.39 is 0 Å². The van der Waals surface area contributed by atoms with Crippen LogP contribution < -0.4 is 10.1 Å². The summed E-state index contributed by atoms with van der Waals surface area (Å²) in [6, 6.07) is 7.20. The number of aryl methyl sites for hydroxylation is 2. The number of benzene rings is 1. The molecule has 1 aliphatic rings. The number of methoxy groups -OCH3 is 1. The number of amides is 2. The third-order valence-corrected chi connectivity index (χ3v) is 5.21. The molecule has 2 aromatic rings. The van der Waals surface area contributed by atoms with E-state index in [1.54, 1.807) is 26.3 Å². The van der Waals surface area contributed by atoms with Crippen molar-refractivity contribution in [1.82, 2.24) is 20.2 Å². The number of ether oxygens (including phenoxy) is 1. The van der Waals surface area contributed by atoms with Crippen molar-refractivity contribution in [2.24, 2.45) is 0 Å². The fourth-order valence-corrected chi connectivity index (χ4v) is 3.55. The van der Waals surface area contributed by atoms with Gasteiger partial charge in [-0.15, -0.1) is 0 Å². The number of rotatable bonds is 5. The lowest BCUT2D eigenvalue weighted by Gasteiger charge is -2.17. The van der Waals surface area contributed by atoms with Gasteiger partial charge in [-0.3, -0.25) is 9.59 Å². The maximum absolute atomic E-state index is 12.8. The summed E-state index contributed by atoms with van der Waals surface area (Å²) >= 11 is 0. The molecular formula is C21H26N4O3. The average Bonchev–Trinajstić information content (AvgIpc) is 3.20. The Bertz CT molecular complexity index is 874. The first-order valence-corrected chi connectivity index (χ1v) is 9.40. The van der Waals surface area contributed by atoms with Crippen molar-refractivity contribution in [3.8, 4) is 5.75 Å². The minimum Gasteiger partial charge on any atom is -0.497 e. The predicted molar refractivity (Wildman–Crippen MR) is 106 cm³/mol. The molecule has 1 fully saturated rings. The van der Waals surface area contributed by atoms with Crippen LogP contribution in [-0.4, -0.2) is 53.9 Å². The molecule has 0 unspecified atom stereocenters. The van der Waals surface area contributed by atoms with Gasteiger partial charge in [0.1, 0.15) is 11.6 Å². The molecule has 2 amide bonds. The molecule has 1 saturated heterocycles. The standard InChI is InChI=1S/C21H26N4O3/c1-13-18(11-19(26)22-3)14(2)24-20(23-13)16-8-9-25(12-16)21(27)15-6-5-7-17(10-15)28-4/h5-7,10,16H,8-9,11-12H2,1-4H3,(H,22,26)/t16-/m0/s1. The van der Waals surface area contributed by atoms with Crippen molar-refractivity contribution in [1.29, 1.82) is 0 Å². The second-order valence-electron chi connectivity index (χ2n) is 7.05. The van der Waals surface area contributed by atoms with E-state index in [9.17, 15) is 9.59 Å². The van der Waals surface area contributed by atoms with Crippen LogP contribution in [0.2, 0.25) is 0 Å². The summed E-state index contributed by atoms with van der Waals surface area (Å²) in [5.74, 6) is 1.45. The molecular weight excluding hydrogens is 356 g/mol. The minimum atomic E-state index is -0.0570. The molecule has 28 heavy (non-hydrogen) atoms. The van der Waals surface area contributed by atoms with E-state index >= 15 is 0 Å². The van der Waals surface area contributed by atoms with Crippen molar-refractivity contribution >= 4 is 11.8 Å². The van der Waals surface area contributed by atoms with Gasteiger partial charge in [0, 0.05) is 48.6 Å². The molecule has 1 atom stereocenters. The zero-order valence-corrected chi connectivity index (χ0v) is 16.8. The molecule has 0 aliphatic carbocycles. The third-order valence-electron chi connectivity index (χ3n) is 5.21. The molecule has 0 radical (unpaired) electrons. The second kappa shape index (κ2) is 8.37. The Hall–Kier alpha value is -2.96. The average molecular weight is 382 g/mol. The monoisotopic (exact) mass is 382 g/mol. The van der Waals surface area contributed by atoms with Crippen LogP contribution in [0.5, 0.6) is 5.75 Å². The first kappa shape index (κ1) is 19.8. The molecule has 1 aromatic heterocycles. The van der Waals surface area contributed by atoms with Gasteiger partial charge >= 0.3 is 0 Å². The highest BCUT2D eigenvalue weighted by atomic mass is 16.5. The van der Waals surface area contributed by atoms with E-state index in [0.29, 0.717) is 24.4 Å². The van der Waals surface area contributed by atoms with E-state index in [-0.39, 0.29) is 24.2 Å². The molecule has 1 N–H and O–H groups in total. The fourth-order valence-electron chi connectivity index (χ4n) is 3.55. The highest BCUT2D eigenvalue weighted by molar-refractivity contribution is 5.94. The molecule has 1 aliphatic heterocycles. The summed E-state index contributed by atoms with van der Waals surface area (Å²) in [6.45, 7) is 5.07. The number of nitrogens with zero attached hydrogens (tertiary/aromatic N) is 3. The Morgan fingerprint density at radius 3 is 2.61 bits per heavy atom. The van der Waals surface area contributed by atoms with Gasteiger partial charge in [-0.1, -0.05) is 6.07 Å². The van der Waals surface area contributed by atoms with Gasteiger partial charge in [-0.05, 0) is 38.5 Å². The summed E-state index contributed by atoms with van der Waals surface area (Å²) in [6.07, 6.45) is 1.10. The Balaban J connectivity index is 1.74. The van der Waals surface area contributed by atoms with Crippen molar-refractivity contribution in [2.75, 3.05) is 27.2 Å². The number of carbonyl (C=O) groups excluding carboxylic acids is 2. The number of carbonyl (C=O) groups is 2. The lowest BCUT2D eigenvalue weighted by molar-refractivity contribution is -0.119. The van der Waals surface area contributed by atoms with Crippen LogP contribution in [-0.2, 0) is 11.2 Å². The van der Waals surface area contributed by atoms with Crippen LogP contribution in [0.1, 0.15) is 45.5 Å². The summed E-state index contributed by atoms with van der Waals surface area (Å²) in [5, 5.41) is 2.63.